The van der Waals surface area contributed by atoms with Crippen molar-refractivity contribution < 1.29 is 5.11 Å². The lowest BCUT2D eigenvalue weighted by Gasteiger charge is -2.26. The topological polar surface area (TPSA) is 95.9 Å². The zero-order chi connectivity index (χ0) is 19.6. The van der Waals surface area contributed by atoms with Crippen LogP contribution in [0.25, 0.3) is 10.9 Å². The van der Waals surface area contributed by atoms with Crippen molar-refractivity contribution in [3.05, 3.63) is 72.4 Å². The van der Waals surface area contributed by atoms with Gasteiger partial charge in [-0.25, -0.2) is 0 Å². The average molecular weight is 372 g/mol. The minimum absolute atomic E-state index is 0.252. The van der Waals surface area contributed by atoms with E-state index < -0.39 is 5.54 Å². The number of aromatic hydroxyl groups is 1. The predicted octanol–water partition coefficient (Wildman–Crippen LogP) is 4.22. The Labute approximate surface area is 162 Å². The molecule has 2 aromatic carbocycles. The van der Waals surface area contributed by atoms with Crippen molar-refractivity contribution in [1.82, 2.24) is 19.9 Å². The van der Waals surface area contributed by atoms with E-state index in [0.29, 0.717) is 0 Å². The lowest BCUT2D eigenvalue weighted by atomic mass is 9.95. The highest BCUT2D eigenvalue weighted by molar-refractivity contribution is 5.82. The van der Waals surface area contributed by atoms with Gasteiger partial charge < -0.3 is 15.7 Å². The molecule has 0 unspecified atom stereocenters. The molecule has 2 aromatic heterocycles. The molecule has 0 atom stereocenters. The van der Waals surface area contributed by atoms with E-state index in [1.807, 2.05) is 74.5 Å². The minimum Gasteiger partial charge on any atom is -0.479 e. The quantitative estimate of drug-likeness (QED) is 0.483. The normalized spacial score (nSPS) is 11.4. The molecule has 0 fully saturated rings. The van der Waals surface area contributed by atoms with Crippen molar-refractivity contribution in [1.29, 1.82) is 0 Å². The van der Waals surface area contributed by atoms with Crippen LogP contribution in [0.15, 0.2) is 66.9 Å². The van der Waals surface area contributed by atoms with E-state index in [4.69, 9.17) is 0 Å². The van der Waals surface area contributed by atoms with Gasteiger partial charge in [0.2, 0.25) is 11.9 Å². The predicted molar refractivity (Wildman–Crippen MR) is 110 cm³/mol. The molecule has 0 aliphatic heterocycles. The molecule has 140 valence electrons. The molecule has 0 saturated carbocycles. The van der Waals surface area contributed by atoms with Gasteiger partial charge in [0.1, 0.15) is 0 Å². The summed E-state index contributed by atoms with van der Waals surface area (Å²) in [4.78, 5) is 16.7. The van der Waals surface area contributed by atoms with Crippen LogP contribution >= 0.6 is 0 Å². The molecular weight excluding hydrogens is 352 g/mol. The fraction of sp³-hybridized carbons (Fsp3) is 0.143. The van der Waals surface area contributed by atoms with Crippen LogP contribution in [-0.2, 0) is 5.54 Å². The van der Waals surface area contributed by atoms with Gasteiger partial charge in [-0.2, -0.15) is 15.0 Å². The molecule has 0 spiro atoms. The van der Waals surface area contributed by atoms with Crippen molar-refractivity contribution in [3.63, 3.8) is 0 Å². The average Bonchev–Trinajstić information content (AvgIpc) is 2.68. The summed E-state index contributed by atoms with van der Waals surface area (Å²) in [5.74, 6) is 0.536. The van der Waals surface area contributed by atoms with Crippen molar-refractivity contribution >= 4 is 28.5 Å². The molecule has 0 amide bonds. The summed E-state index contributed by atoms with van der Waals surface area (Å²) >= 11 is 0. The van der Waals surface area contributed by atoms with Crippen LogP contribution in [0.4, 0.5) is 17.6 Å². The molecule has 0 aliphatic carbocycles. The van der Waals surface area contributed by atoms with Gasteiger partial charge >= 0.3 is 6.01 Å². The van der Waals surface area contributed by atoms with Crippen molar-refractivity contribution in [3.8, 4) is 6.01 Å². The Hall–Kier alpha value is -3.74. The Morgan fingerprint density at radius 2 is 1.64 bits per heavy atom. The zero-order valence-corrected chi connectivity index (χ0v) is 15.6. The summed E-state index contributed by atoms with van der Waals surface area (Å²) in [5.41, 5.74) is 2.34. The summed E-state index contributed by atoms with van der Waals surface area (Å²) in [6.45, 7) is 4.04. The van der Waals surface area contributed by atoms with Crippen molar-refractivity contribution in [2.75, 3.05) is 10.6 Å². The Morgan fingerprint density at radius 3 is 2.46 bits per heavy atom. The highest BCUT2D eigenvalue weighted by atomic mass is 16.3. The third-order valence-corrected chi connectivity index (χ3v) is 4.40. The number of aromatic nitrogens is 4. The molecule has 0 aliphatic rings. The van der Waals surface area contributed by atoms with E-state index in [1.54, 1.807) is 6.20 Å². The van der Waals surface area contributed by atoms with E-state index in [2.05, 4.69) is 30.6 Å². The summed E-state index contributed by atoms with van der Waals surface area (Å²) in [6.07, 6.45) is 1.76. The van der Waals surface area contributed by atoms with E-state index in [1.165, 1.54) is 0 Å². The first-order chi connectivity index (χ1) is 13.5. The highest BCUT2D eigenvalue weighted by Gasteiger charge is 2.22. The number of rotatable bonds is 5. The number of nitrogens with zero attached hydrogens (tertiary/aromatic N) is 4. The van der Waals surface area contributed by atoms with Gasteiger partial charge in [-0.15, -0.1) is 0 Å². The maximum atomic E-state index is 9.96. The van der Waals surface area contributed by atoms with Crippen LogP contribution in [0.5, 0.6) is 6.01 Å². The van der Waals surface area contributed by atoms with Crippen LogP contribution in [0.2, 0.25) is 0 Å². The minimum atomic E-state index is -0.430. The maximum Gasteiger partial charge on any atom is 0.320 e. The van der Waals surface area contributed by atoms with E-state index in [-0.39, 0.29) is 17.9 Å². The Kier molecular flexibility index (Phi) is 4.49. The summed E-state index contributed by atoms with van der Waals surface area (Å²) < 4.78 is 0. The number of nitrogens with one attached hydrogen (secondary N) is 2. The number of hydrogen-bond acceptors (Lipinski definition) is 7. The number of benzene rings is 2. The zero-order valence-electron chi connectivity index (χ0n) is 15.6. The lowest BCUT2D eigenvalue weighted by Crippen LogP contribution is -2.29. The van der Waals surface area contributed by atoms with Crippen LogP contribution in [0.1, 0.15) is 19.4 Å². The number of pyridine rings is 1. The van der Waals surface area contributed by atoms with Gasteiger partial charge in [0.25, 0.3) is 0 Å². The second-order valence-electron chi connectivity index (χ2n) is 6.93. The van der Waals surface area contributed by atoms with Crippen LogP contribution < -0.4 is 10.6 Å². The Morgan fingerprint density at radius 1 is 0.857 bits per heavy atom. The molecule has 3 N–H and O–H groups in total. The van der Waals surface area contributed by atoms with Crippen molar-refractivity contribution in [2.45, 2.75) is 19.4 Å². The molecule has 2 heterocycles. The molecule has 7 heteroatoms. The second-order valence-corrected chi connectivity index (χ2v) is 6.93. The maximum absolute atomic E-state index is 9.96. The van der Waals surface area contributed by atoms with Crippen molar-refractivity contribution in [2.24, 2.45) is 0 Å². The monoisotopic (exact) mass is 372 g/mol. The third kappa shape index (κ3) is 3.83. The van der Waals surface area contributed by atoms with Crippen LogP contribution in [0.3, 0.4) is 0 Å². The number of fused-ring (bicyclic) bond motifs is 1. The number of anilines is 3. The fourth-order valence-electron chi connectivity index (χ4n) is 2.97. The standard InChI is InChI=1S/C21H20N6O/c1-21(2,15-8-4-3-5-9-15)27-19-24-18(25-20(28)26-19)23-16-10-11-17-14(13-16)7-6-12-22-17/h3-13H,1-2H3,(H3,23,24,25,26,27,28). The first-order valence-electron chi connectivity index (χ1n) is 8.90. The molecule has 28 heavy (non-hydrogen) atoms. The first-order valence-corrected chi connectivity index (χ1v) is 8.90. The molecule has 0 bridgehead atoms. The Balaban J connectivity index is 1.59. The van der Waals surface area contributed by atoms with E-state index in [9.17, 15) is 5.11 Å². The summed E-state index contributed by atoms with van der Waals surface area (Å²) in [7, 11) is 0. The molecule has 4 rings (SSSR count). The lowest BCUT2D eigenvalue weighted by molar-refractivity contribution is 0.429. The van der Waals surface area contributed by atoms with Crippen LogP contribution in [0, 0.1) is 0 Å². The molecule has 7 nitrogen and oxygen atoms in total. The number of hydrogen-bond donors (Lipinski definition) is 3. The van der Waals surface area contributed by atoms with Gasteiger partial charge in [0, 0.05) is 17.3 Å². The van der Waals surface area contributed by atoms with Gasteiger partial charge in [0.05, 0.1) is 11.1 Å². The van der Waals surface area contributed by atoms with E-state index >= 15 is 0 Å². The van der Waals surface area contributed by atoms with Crippen LogP contribution in [-0.4, -0.2) is 25.0 Å². The summed E-state index contributed by atoms with van der Waals surface area (Å²) in [6, 6.07) is 19.2. The SMILES string of the molecule is CC(C)(Nc1nc(O)nc(Nc2ccc3ncccc3c2)n1)c1ccccc1. The molecule has 4 aromatic rings. The molecule has 0 radical (unpaired) electrons. The molecular formula is C21H20N6O. The van der Waals surface area contributed by atoms with E-state index in [0.717, 1.165) is 22.2 Å². The first kappa shape index (κ1) is 17.7. The summed E-state index contributed by atoms with van der Waals surface area (Å²) in [5, 5.41) is 17.3. The van der Waals surface area contributed by atoms with Gasteiger partial charge in [-0.1, -0.05) is 36.4 Å². The third-order valence-electron chi connectivity index (χ3n) is 4.40. The van der Waals surface area contributed by atoms with Gasteiger partial charge in [-0.3, -0.25) is 4.98 Å². The second kappa shape index (κ2) is 7.11. The van der Waals surface area contributed by atoms with Gasteiger partial charge in [0.15, 0.2) is 0 Å². The van der Waals surface area contributed by atoms with Gasteiger partial charge in [-0.05, 0) is 43.7 Å². The Bertz CT molecular complexity index is 1110. The highest BCUT2D eigenvalue weighted by Crippen LogP contribution is 2.26. The smallest absolute Gasteiger partial charge is 0.320 e. The fourth-order valence-corrected chi connectivity index (χ4v) is 2.97. The molecule has 0 saturated heterocycles. The largest absolute Gasteiger partial charge is 0.479 e.